The van der Waals surface area contributed by atoms with Crippen LogP contribution in [0.25, 0.3) is 0 Å². The molecular weight excluding hydrogens is 251 g/mol. The van der Waals surface area contributed by atoms with E-state index in [1.54, 1.807) is 0 Å². The lowest BCUT2D eigenvalue weighted by molar-refractivity contribution is 0.0689. The number of nitriles is 1. The van der Waals surface area contributed by atoms with Crippen molar-refractivity contribution in [3.8, 4) is 17.6 Å². The van der Waals surface area contributed by atoms with E-state index in [1.807, 2.05) is 6.07 Å². The summed E-state index contributed by atoms with van der Waals surface area (Å²) < 4.78 is 18.7. The van der Waals surface area contributed by atoms with Crippen LogP contribution in [0, 0.1) is 17.1 Å². The number of hydrogen-bond acceptors (Lipinski definition) is 4. The molecule has 0 amide bonds. The lowest BCUT2D eigenvalue weighted by Crippen LogP contribution is -2.04. The maximum Gasteiger partial charge on any atom is 0.342 e. The van der Waals surface area contributed by atoms with Crippen molar-refractivity contribution in [2.75, 3.05) is 0 Å². The van der Waals surface area contributed by atoms with Crippen LogP contribution in [0.5, 0.6) is 11.5 Å². The van der Waals surface area contributed by atoms with Crippen molar-refractivity contribution in [3.63, 3.8) is 0 Å². The minimum Gasteiger partial charge on any atom is -0.477 e. The lowest BCUT2D eigenvalue weighted by Gasteiger charge is -2.09. The highest BCUT2D eigenvalue weighted by atomic mass is 19.1. The number of carboxylic acid groups (broad SMARTS) is 1. The van der Waals surface area contributed by atoms with Crippen LogP contribution in [0.2, 0.25) is 0 Å². The van der Waals surface area contributed by atoms with E-state index in [9.17, 15) is 9.18 Å². The molecule has 1 N–H and O–H groups in total. The van der Waals surface area contributed by atoms with Crippen molar-refractivity contribution in [2.24, 2.45) is 0 Å². The summed E-state index contributed by atoms with van der Waals surface area (Å²) >= 11 is 0. The molecule has 6 heteroatoms. The summed E-state index contributed by atoms with van der Waals surface area (Å²) in [4.78, 5) is 14.8. The van der Waals surface area contributed by atoms with E-state index in [-0.39, 0.29) is 17.1 Å². The van der Waals surface area contributed by atoms with Crippen LogP contribution in [0.4, 0.5) is 4.39 Å². The monoisotopic (exact) mass is 258 g/mol. The highest BCUT2D eigenvalue weighted by Gasteiger charge is 2.18. The third kappa shape index (κ3) is 2.50. The number of ether oxygens (including phenoxy) is 1. The number of aromatic nitrogens is 1. The Morgan fingerprint density at radius 3 is 2.84 bits per heavy atom. The van der Waals surface area contributed by atoms with Gasteiger partial charge in [0.1, 0.15) is 23.2 Å². The number of rotatable bonds is 3. The molecule has 0 atom stereocenters. The highest BCUT2D eigenvalue weighted by molar-refractivity contribution is 5.91. The quantitative estimate of drug-likeness (QED) is 0.914. The number of carboxylic acids is 1. The topological polar surface area (TPSA) is 83.2 Å². The zero-order chi connectivity index (χ0) is 13.8. The van der Waals surface area contributed by atoms with E-state index in [0.29, 0.717) is 0 Å². The number of benzene rings is 1. The van der Waals surface area contributed by atoms with E-state index >= 15 is 0 Å². The van der Waals surface area contributed by atoms with Crippen LogP contribution in [0.15, 0.2) is 36.7 Å². The Hall–Kier alpha value is -2.94. The van der Waals surface area contributed by atoms with Gasteiger partial charge < -0.3 is 9.84 Å². The largest absolute Gasteiger partial charge is 0.477 e. The molecule has 0 radical (unpaired) electrons. The number of carbonyl (C=O) groups is 1. The Balaban J connectivity index is 2.48. The summed E-state index contributed by atoms with van der Waals surface area (Å²) in [6.07, 6.45) is 2.66. The molecule has 0 unspecified atom stereocenters. The normalized spacial score (nSPS) is 9.68. The summed E-state index contributed by atoms with van der Waals surface area (Å²) in [5, 5.41) is 17.8. The average molecular weight is 258 g/mol. The highest BCUT2D eigenvalue weighted by Crippen LogP contribution is 2.28. The third-order valence-corrected chi connectivity index (χ3v) is 2.31. The maximum absolute atomic E-state index is 13.4. The summed E-state index contributed by atoms with van der Waals surface area (Å²) in [6, 6.07) is 6.93. The van der Waals surface area contributed by atoms with Crippen LogP contribution in [-0.4, -0.2) is 16.1 Å². The fourth-order valence-electron chi connectivity index (χ4n) is 1.47. The molecule has 0 aliphatic heterocycles. The van der Waals surface area contributed by atoms with Crippen molar-refractivity contribution >= 4 is 5.97 Å². The Morgan fingerprint density at radius 1 is 1.37 bits per heavy atom. The van der Waals surface area contributed by atoms with Crippen molar-refractivity contribution in [1.82, 2.24) is 4.98 Å². The van der Waals surface area contributed by atoms with Gasteiger partial charge in [0, 0.05) is 6.20 Å². The Morgan fingerprint density at radius 2 is 2.16 bits per heavy atom. The minimum atomic E-state index is -1.45. The van der Waals surface area contributed by atoms with E-state index in [1.165, 1.54) is 30.6 Å². The SMILES string of the molecule is N#Cc1ccncc1Oc1cccc(F)c1C(=O)O. The minimum absolute atomic E-state index is 0.0677. The van der Waals surface area contributed by atoms with Gasteiger partial charge in [-0.1, -0.05) is 6.07 Å². The van der Waals surface area contributed by atoms with Crippen LogP contribution < -0.4 is 4.74 Å². The molecule has 1 aromatic carbocycles. The first-order valence-corrected chi connectivity index (χ1v) is 5.17. The number of pyridine rings is 1. The summed E-state index contributed by atoms with van der Waals surface area (Å²) in [6.45, 7) is 0. The molecule has 0 fully saturated rings. The molecule has 1 aromatic heterocycles. The molecular formula is C13H7FN2O3. The van der Waals surface area contributed by atoms with Crippen LogP contribution in [-0.2, 0) is 0 Å². The predicted octanol–water partition coefficient (Wildman–Crippen LogP) is 2.58. The number of aromatic carboxylic acids is 1. The second-order valence-corrected chi connectivity index (χ2v) is 3.50. The second kappa shape index (κ2) is 5.14. The number of nitrogens with zero attached hydrogens (tertiary/aromatic N) is 2. The van der Waals surface area contributed by atoms with Gasteiger partial charge in [0.25, 0.3) is 0 Å². The van der Waals surface area contributed by atoms with Crippen molar-refractivity contribution in [2.45, 2.75) is 0 Å². The first-order valence-electron chi connectivity index (χ1n) is 5.17. The van der Waals surface area contributed by atoms with Gasteiger partial charge >= 0.3 is 5.97 Å². The molecule has 0 bridgehead atoms. The summed E-state index contributed by atoms with van der Waals surface area (Å²) in [5.41, 5.74) is -0.411. The first-order chi connectivity index (χ1) is 9.13. The fraction of sp³-hybridized carbons (Fsp3) is 0. The summed E-state index contributed by atoms with van der Waals surface area (Å²) in [7, 11) is 0. The molecule has 0 saturated heterocycles. The van der Waals surface area contributed by atoms with E-state index < -0.39 is 17.3 Å². The molecule has 0 spiro atoms. The molecule has 19 heavy (non-hydrogen) atoms. The molecule has 2 aromatic rings. The predicted molar refractivity (Wildman–Crippen MR) is 62.4 cm³/mol. The Labute approximate surface area is 107 Å². The van der Waals surface area contributed by atoms with Crippen molar-refractivity contribution in [1.29, 1.82) is 5.26 Å². The van der Waals surface area contributed by atoms with Gasteiger partial charge in [0.05, 0.1) is 11.8 Å². The Kier molecular flexibility index (Phi) is 3.39. The van der Waals surface area contributed by atoms with Gasteiger partial charge in [-0.3, -0.25) is 4.98 Å². The molecule has 0 aliphatic rings. The molecule has 0 saturated carbocycles. The van der Waals surface area contributed by atoms with Crippen molar-refractivity contribution < 1.29 is 19.0 Å². The lowest BCUT2D eigenvalue weighted by atomic mass is 10.2. The van der Waals surface area contributed by atoms with E-state index in [2.05, 4.69) is 4.98 Å². The number of halogens is 1. The molecule has 0 aliphatic carbocycles. The zero-order valence-corrected chi connectivity index (χ0v) is 9.50. The van der Waals surface area contributed by atoms with Crippen LogP contribution in [0.3, 0.4) is 0 Å². The van der Waals surface area contributed by atoms with Crippen molar-refractivity contribution in [3.05, 3.63) is 53.6 Å². The first kappa shape index (κ1) is 12.5. The average Bonchev–Trinajstić information content (AvgIpc) is 2.39. The Bertz CT molecular complexity index is 680. The molecule has 94 valence electrons. The van der Waals surface area contributed by atoms with Crippen LogP contribution >= 0.6 is 0 Å². The number of hydrogen-bond donors (Lipinski definition) is 1. The van der Waals surface area contributed by atoms with Gasteiger partial charge in [-0.25, -0.2) is 9.18 Å². The van der Waals surface area contributed by atoms with Gasteiger partial charge in [-0.2, -0.15) is 5.26 Å². The van der Waals surface area contributed by atoms with E-state index in [4.69, 9.17) is 15.1 Å². The zero-order valence-electron chi connectivity index (χ0n) is 9.50. The van der Waals surface area contributed by atoms with Gasteiger partial charge in [-0.05, 0) is 18.2 Å². The van der Waals surface area contributed by atoms with E-state index in [0.717, 1.165) is 6.07 Å². The van der Waals surface area contributed by atoms with Crippen LogP contribution in [0.1, 0.15) is 15.9 Å². The second-order valence-electron chi connectivity index (χ2n) is 3.50. The van der Waals surface area contributed by atoms with Gasteiger partial charge in [0.2, 0.25) is 0 Å². The molecule has 2 rings (SSSR count). The summed E-state index contributed by atoms with van der Waals surface area (Å²) in [5.74, 6) is -2.47. The molecule has 5 nitrogen and oxygen atoms in total. The smallest absolute Gasteiger partial charge is 0.342 e. The maximum atomic E-state index is 13.4. The third-order valence-electron chi connectivity index (χ3n) is 2.31. The standard InChI is InChI=1S/C13H7FN2O3/c14-9-2-1-3-10(12(9)13(17)18)19-11-7-16-5-4-8(11)6-15/h1-5,7H,(H,17,18). The van der Waals surface area contributed by atoms with Gasteiger partial charge in [-0.15, -0.1) is 0 Å². The van der Waals surface area contributed by atoms with Gasteiger partial charge in [0.15, 0.2) is 5.75 Å². The fourth-order valence-corrected chi connectivity index (χ4v) is 1.47. The molecule has 1 heterocycles.